The fraction of sp³-hybridized carbons (Fsp3) is 0.481. The third-order valence-electron chi connectivity index (χ3n) is 7.59. The van der Waals surface area contributed by atoms with Crippen molar-refractivity contribution in [1.82, 2.24) is 5.32 Å². The second-order valence-corrected chi connectivity index (χ2v) is 10.1. The standard InChI is InChI=1S/C27H31NO3/c29-25(16-27-13-20-10-21(14-27)12-22(11-20)15-27)28-17-26(30)31-18-19-6-8-24(9-7-19)23-4-2-1-3-5-23/h1-9,20-22H,10-18H2,(H,28,29). The second kappa shape index (κ2) is 8.49. The lowest BCUT2D eigenvalue weighted by molar-refractivity contribution is -0.146. The first-order valence-electron chi connectivity index (χ1n) is 11.6. The Bertz CT molecular complexity index is 899. The van der Waals surface area contributed by atoms with Gasteiger partial charge in [-0.15, -0.1) is 0 Å². The van der Waals surface area contributed by atoms with Crippen molar-refractivity contribution in [2.24, 2.45) is 23.2 Å². The van der Waals surface area contributed by atoms with Crippen LogP contribution in [0.4, 0.5) is 0 Å². The van der Waals surface area contributed by atoms with Crippen LogP contribution in [0.15, 0.2) is 54.6 Å². The minimum absolute atomic E-state index is 0.00566. The van der Waals surface area contributed by atoms with Gasteiger partial charge in [-0.25, -0.2) is 0 Å². The van der Waals surface area contributed by atoms with E-state index in [1.165, 1.54) is 38.5 Å². The zero-order valence-electron chi connectivity index (χ0n) is 18.0. The summed E-state index contributed by atoms with van der Waals surface area (Å²) in [6.45, 7) is 0.173. The molecule has 4 fully saturated rings. The third kappa shape index (κ3) is 4.68. The van der Waals surface area contributed by atoms with Crippen molar-refractivity contribution < 1.29 is 14.3 Å². The normalized spacial score (nSPS) is 28.3. The summed E-state index contributed by atoms with van der Waals surface area (Å²) in [4.78, 5) is 24.7. The van der Waals surface area contributed by atoms with E-state index in [0.717, 1.165) is 34.4 Å². The van der Waals surface area contributed by atoms with Crippen LogP contribution in [-0.4, -0.2) is 18.4 Å². The summed E-state index contributed by atoms with van der Waals surface area (Å²) in [6, 6.07) is 18.2. The zero-order chi connectivity index (χ0) is 21.3. The average molecular weight is 418 g/mol. The van der Waals surface area contributed by atoms with E-state index < -0.39 is 0 Å². The van der Waals surface area contributed by atoms with Crippen molar-refractivity contribution in [2.75, 3.05) is 6.54 Å². The molecule has 2 aromatic carbocycles. The molecule has 0 atom stereocenters. The third-order valence-corrected chi connectivity index (χ3v) is 7.59. The Morgan fingerprint density at radius 1 is 0.839 bits per heavy atom. The molecule has 31 heavy (non-hydrogen) atoms. The molecular weight excluding hydrogens is 386 g/mol. The van der Waals surface area contributed by atoms with Crippen molar-refractivity contribution in [3.05, 3.63) is 60.2 Å². The molecule has 0 radical (unpaired) electrons. The summed E-state index contributed by atoms with van der Waals surface area (Å²) in [5.41, 5.74) is 3.43. The quantitative estimate of drug-likeness (QED) is 0.636. The van der Waals surface area contributed by atoms with E-state index in [4.69, 9.17) is 4.74 Å². The summed E-state index contributed by atoms with van der Waals surface area (Å²) in [6.07, 6.45) is 8.31. The van der Waals surface area contributed by atoms with Gasteiger partial charge >= 0.3 is 5.97 Å². The Labute approximate surface area is 184 Å². The van der Waals surface area contributed by atoms with Crippen LogP contribution in [0.3, 0.4) is 0 Å². The molecule has 4 aliphatic carbocycles. The number of hydrogen-bond donors (Lipinski definition) is 1. The Kier molecular flexibility index (Phi) is 5.56. The largest absolute Gasteiger partial charge is 0.460 e. The van der Waals surface area contributed by atoms with Crippen LogP contribution in [0, 0.1) is 23.2 Å². The molecule has 1 amide bonds. The first-order chi connectivity index (χ1) is 15.1. The highest BCUT2D eigenvalue weighted by Gasteiger charge is 2.51. The first-order valence-corrected chi connectivity index (χ1v) is 11.6. The van der Waals surface area contributed by atoms with Gasteiger partial charge in [0.1, 0.15) is 13.2 Å². The molecule has 0 aromatic heterocycles. The number of benzene rings is 2. The van der Waals surface area contributed by atoms with Crippen LogP contribution < -0.4 is 5.32 Å². The van der Waals surface area contributed by atoms with E-state index in [1.54, 1.807) is 0 Å². The smallest absolute Gasteiger partial charge is 0.325 e. The lowest BCUT2D eigenvalue weighted by Gasteiger charge is -2.56. The number of nitrogens with one attached hydrogen (secondary N) is 1. The predicted molar refractivity (Wildman–Crippen MR) is 120 cm³/mol. The van der Waals surface area contributed by atoms with Crippen LogP contribution in [0.25, 0.3) is 11.1 Å². The van der Waals surface area contributed by atoms with E-state index >= 15 is 0 Å². The average Bonchev–Trinajstić information content (AvgIpc) is 2.76. The van der Waals surface area contributed by atoms with Crippen molar-refractivity contribution in [3.8, 4) is 11.1 Å². The van der Waals surface area contributed by atoms with Gasteiger partial charge in [0.2, 0.25) is 5.91 Å². The molecule has 0 heterocycles. The van der Waals surface area contributed by atoms with Crippen molar-refractivity contribution in [2.45, 2.75) is 51.6 Å². The monoisotopic (exact) mass is 417 g/mol. The molecule has 4 saturated carbocycles. The molecule has 0 unspecified atom stereocenters. The SMILES string of the molecule is O=C(CC12CC3CC(CC(C3)C1)C2)NCC(=O)OCc1ccc(-c2ccccc2)cc1. The zero-order valence-corrected chi connectivity index (χ0v) is 18.0. The molecule has 6 rings (SSSR count). The van der Waals surface area contributed by atoms with Crippen molar-refractivity contribution in [1.29, 1.82) is 0 Å². The van der Waals surface area contributed by atoms with Crippen LogP contribution >= 0.6 is 0 Å². The maximum Gasteiger partial charge on any atom is 0.325 e. The van der Waals surface area contributed by atoms with Crippen molar-refractivity contribution >= 4 is 11.9 Å². The lowest BCUT2D eigenvalue weighted by atomic mass is 9.49. The van der Waals surface area contributed by atoms with Gasteiger partial charge in [0, 0.05) is 6.42 Å². The Balaban J connectivity index is 1.06. The second-order valence-electron chi connectivity index (χ2n) is 10.1. The van der Waals surface area contributed by atoms with Gasteiger partial charge in [-0.2, -0.15) is 0 Å². The van der Waals surface area contributed by atoms with E-state index in [0.29, 0.717) is 6.42 Å². The van der Waals surface area contributed by atoms with Gasteiger partial charge in [0.25, 0.3) is 0 Å². The van der Waals surface area contributed by atoms with E-state index in [2.05, 4.69) is 17.4 Å². The molecule has 0 spiro atoms. The van der Waals surface area contributed by atoms with Crippen molar-refractivity contribution in [3.63, 3.8) is 0 Å². The summed E-state index contributed by atoms with van der Waals surface area (Å²) >= 11 is 0. The maximum atomic E-state index is 12.6. The molecule has 4 heteroatoms. The Morgan fingerprint density at radius 3 is 2.03 bits per heavy atom. The molecule has 4 aliphatic rings. The van der Waals surface area contributed by atoms with Gasteiger partial charge < -0.3 is 10.1 Å². The fourth-order valence-electron chi connectivity index (χ4n) is 6.72. The van der Waals surface area contributed by atoms with E-state index in [-0.39, 0.29) is 30.4 Å². The summed E-state index contributed by atoms with van der Waals surface area (Å²) < 4.78 is 5.36. The molecule has 2 aromatic rings. The fourth-order valence-corrected chi connectivity index (χ4v) is 6.72. The molecule has 162 valence electrons. The predicted octanol–water partition coefficient (Wildman–Crippen LogP) is 5.12. The Morgan fingerprint density at radius 2 is 1.42 bits per heavy atom. The van der Waals surface area contributed by atoms with Gasteiger partial charge in [-0.3, -0.25) is 9.59 Å². The van der Waals surface area contributed by atoms with Crippen LogP contribution in [-0.2, 0) is 20.9 Å². The number of hydrogen-bond acceptors (Lipinski definition) is 3. The van der Waals surface area contributed by atoms with Gasteiger partial charge in [0.05, 0.1) is 0 Å². The number of ether oxygens (including phenoxy) is 1. The highest BCUT2D eigenvalue weighted by atomic mass is 16.5. The lowest BCUT2D eigenvalue weighted by Crippen LogP contribution is -2.48. The number of carbonyl (C=O) groups is 2. The summed E-state index contributed by atoms with van der Waals surface area (Å²) in [5, 5.41) is 2.81. The van der Waals surface area contributed by atoms with Crippen LogP contribution in [0.1, 0.15) is 50.5 Å². The van der Waals surface area contributed by atoms with E-state index in [9.17, 15) is 9.59 Å². The topological polar surface area (TPSA) is 55.4 Å². The van der Waals surface area contributed by atoms with Gasteiger partial charge in [-0.05, 0) is 78.4 Å². The minimum atomic E-state index is -0.383. The molecule has 1 N–H and O–H groups in total. The number of rotatable bonds is 7. The Hall–Kier alpha value is -2.62. The summed E-state index contributed by atoms with van der Waals surface area (Å²) in [5.74, 6) is 2.11. The molecular formula is C27H31NO3. The molecule has 4 nitrogen and oxygen atoms in total. The van der Waals surface area contributed by atoms with Gasteiger partial charge in [-0.1, -0.05) is 54.6 Å². The van der Waals surface area contributed by atoms with Crippen LogP contribution in [0.5, 0.6) is 0 Å². The minimum Gasteiger partial charge on any atom is -0.460 e. The number of carbonyl (C=O) groups excluding carboxylic acids is 2. The highest BCUT2D eigenvalue weighted by Crippen LogP contribution is 2.61. The number of esters is 1. The number of amides is 1. The maximum absolute atomic E-state index is 12.6. The first kappa shape index (κ1) is 20.3. The summed E-state index contributed by atoms with van der Waals surface area (Å²) in [7, 11) is 0. The molecule has 0 saturated heterocycles. The molecule has 0 aliphatic heterocycles. The van der Waals surface area contributed by atoms with E-state index in [1.807, 2.05) is 42.5 Å². The van der Waals surface area contributed by atoms with Gasteiger partial charge in [0.15, 0.2) is 0 Å². The van der Waals surface area contributed by atoms with Crippen LogP contribution in [0.2, 0.25) is 0 Å². The highest BCUT2D eigenvalue weighted by molar-refractivity contribution is 5.82. The molecule has 4 bridgehead atoms.